The van der Waals surface area contributed by atoms with Crippen molar-refractivity contribution >= 4 is 27.7 Å². The normalized spacial score (nSPS) is 11.8. The number of amides is 2. The van der Waals surface area contributed by atoms with Crippen molar-refractivity contribution in [2.45, 2.75) is 76.2 Å². The number of ether oxygens (including phenoxy) is 4. The molecule has 0 saturated heterocycles. The molecule has 0 radical (unpaired) electrons. The van der Waals surface area contributed by atoms with E-state index < -0.39 is 27.1 Å². The Balaban J connectivity index is 1.16. The third-order valence-corrected chi connectivity index (χ3v) is 11.5. The molecule has 4 rings (SSSR count). The fourth-order valence-corrected chi connectivity index (χ4v) is 8.18. The van der Waals surface area contributed by atoms with Gasteiger partial charge in [-0.15, -0.1) is 0 Å². The molecule has 4 aromatic carbocycles. The van der Waals surface area contributed by atoms with Gasteiger partial charge in [-0.3, -0.25) is 14.9 Å². The highest BCUT2D eigenvalue weighted by molar-refractivity contribution is 7.89. The number of alkyl carbamates (subject to hydrolysis) is 1. The van der Waals surface area contributed by atoms with Gasteiger partial charge in [-0.1, -0.05) is 62.4 Å². The van der Waals surface area contributed by atoms with Crippen LogP contribution in [0.25, 0.3) is 0 Å². The first-order valence-corrected chi connectivity index (χ1v) is 21.7. The molecule has 0 bridgehead atoms. The summed E-state index contributed by atoms with van der Waals surface area (Å²) in [4.78, 5) is 35.9. The summed E-state index contributed by atoms with van der Waals surface area (Å²) in [5.74, 6) is 1.84. The molecule has 60 heavy (non-hydrogen) atoms. The summed E-state index contributed by atoms with van der Waals surface area (Å²) in [7, 11) is -0.725. The molecular weight excluding hydrogens is 789 g/mol. The van der Waals surface area contributed by atoms with Gasteiger partial charge in [0.25, 0.3) is 11.6 Å². The number of unbranched alkanes of at least 4 members (excludes halogenated alkanes) is 2. The Morgan fingerprint density at radius 1 is 0.800 bits per heavy atom. The zero-order valence-electron chi connectivity index (χ0n) is 35.0. The van der Waals surface area contributed by atoms with Crippen LogP contribution in [0.5, 0.6) is 17.2 Å². The van der Waals surface area contributed by atoms with Gasteiger partial charge in [0.1, 0.15) is 5.75 Å². The maximum absolute atomic E-state index is 13.6. The lowest BCUT2D eigenvalue weighted by Gasteiger charge is -2.27. The number of benzene rings is 4. The lowest BCUT2D eigenvalue weighted by atomic mass is 10.0. The number of rotatable bonds is 26. The van der Waals surface area contributed by atoms with Crippen LogP contribution in [0.3, 0.4) is 0 Å². The Morgan fingerprint density at radius 2 is 1.50 bits per heavy atom. The number of methoxy groups -OCH3 is 2. The predicted octanol–water partition coefficient (Wildman–Crippen LogP) is 7.53. The number of hydrogen-bond acceptors (Lipinski definition) is 10. The van der Waals surface area contributed by atoms with Crippen LogP contribution in [0.15, 0.2) is 102 Å². The second kappa shape index (κ2) is 24.4. The highest BCUT2D eigenvalue weighted by Crippen LogP contribution is 2.28. The monoisotopic (exact) mass is 846 g/mol. The smallest absolute Gasteiger partial charge is 0.407 e. The van der Waals surface area contributed by atoms with Crippen LogP contribution in [0, 0.1) is 16.0 Å². The second-order valence-electron chi connectivity index (χ2n) is 14.9. The van der Waals surface area contributed by atoms with Crippen molar-refractivity contribution < 1.29 is 41.9 Å². The molecule has 0 heterocycles. The van der Waals surface area contributed by atoms with Gasteiger partial charge in [0.05, 0.1) is 30.6 Å². The van der Waals surface area contributed by atoms with Gasteiger partial charge in [-0.05, 0) is 110 Å². The molecule has 0 saturated carbocycles. The maximum atomic E-state index is 13.6. The highest BCUT2D eigenvalue weighted by Gasteiger charge is 2.27. The number of hydrogen-bond donors (Lipinski definition) is 2. The van der Waals surface area contributed by atoms with E-state index in [9.17, 15) is 28.1 Å². The lowest BCUT2D eigenvalue weighted by molar-refractivity contribution is -0.384. The highest BCUT2D eigenvalue weighted by atomic mass is 32.2. The minimum Gasteiger partial charge on any atom is -0.493 e. The third-order valence-electron chi connectivity index (χ3n) is 9.65. The van der Waals surface area contributed by atoms with Crippen LogP contribution >= 0.6 is 0 Å². The number of nitro benzene ring substituents is 1. The fourth-order valence-electron chi connectivity index (χ4n) is 6.56. The Labute approximate surface area is 353 Å². The van der Waals surface area contributed by atoms with Gasteiger partial charge < -0.3 is 29.6 Å². The fraction of sp³-hybridized carbons (Fsp3) is 0.422. The molecule has 14 nitrogen and oxygen atoms in total. The SMILES string of the molecule is COc1ccc(CCCc2cccc(OCC(=O)NCCCCCOC(=O)N[C@H](CCN(CC(C)C)S(=O)(=O)c3ccc([N+](=O)[O-])cc3)Cc3ccccc3)c2)cc1OC. The van der Waals surface area contributed by atoms with E-state index in [4.69, 9.17) is 18.9 Å². The topological polar surface area (TPSA) is 176 Å². The molecule has 0 aromatic heterocycles. The Hall–Kier alpha value is -5.67. The van der Waals surface area contributed by atoms with Gasteiger partial charge in [0.15, 0.2) is 18.1 Å². The van der Waals surface area contributed by atoms with Crippen molar-refractivity contribution in [3.8, 4) is 17.2 Å². The number of aryl methyl sites for hydroxylation is 2. The summed E-state index contributed by atoms with van der Waals surface area (Å²) < 4.78 is 50.6. The zero-order chi connectivity index (χ0) is 43.3. The molecule has 0 aliphatic rings. The quantitative estimate of drug-likeness (QED) is 0.0365. The zero-order valence-corrected chi connectivity index (χ0v) is 35.8. The van der Waals surface area contributed by atoms with E-state index in [1.807, 2.05) is 86.6 Å². The van der Waals surface area contributed by atoms with Gasteiger partial charge in [-0.25, -0.2) is 13.2 Å². The van der Waals surface area contributed by atoms with E-state index in [1.165, 1.54) is 28.6 Å². The van der Waals surface area contributed by atoms with Crippen molar-refractivity contribution in [1.29, 1.82) is 0 Å². The first kappa shape index (κ1) is 47.0. The molecule has 2 N–H and O–H groups in total. The van der Waals surface area contributed by atoms with E-state index in [0.717, 1.165) is 42.4 Å². The van der Waals surface area contributed by atoms with Crippen LogP contribution in [-0.2, 0) is 38.8 Å². The number of non-ortho nitro benzene ring substituents is 1. The van der Waals surface area contributed by atoms with E-state index in [2.05, 4.69) is 10.6 Å². The summed E-state index contributed by atoms with van der Waals surface area (Å²) in [6.45, 7) is 4.70. The number of nitrogens with zero attached hydrogens (tertiary/aromatic N) is 2. The largest absolute Gasteiger partial charge is 0.493 e. The van der Waals surface area contributed by atoms with Gasteiger partial charge in [0, 0.05) is 37.8 Å². The first-order chi connectivity index (χ1) is 28.9. The molecule has 4 aromatic rings. The van der Waals surface area contributed by atoms with E-state index >= 15 is 0 Å². The molecule has 0 fully saturated rings. The Bertz CT molecular complexity index is 2060. The first-order valence-electron chi connectivity index (χ1n) is 20.3. The molecule has 0 unspecified atom stereocenters. The summed E-state index contributed by atoms with van der Waals surface area (Å²) >= 11 is 0. The molecule has 0 aliphatic carbocycles. The summed E-state index contributed by atoms with van der Waals surface area (Å²) in [5.41, 5.74) is 3.06. The molecule has 15 heteroatoms. The molecule has 0 spiro atoms. The van der Waals surface area contributed by atoms with E-state index in [0.29, 0.717) is 49.5 Å². The van der Waals surface area contributed by atoms with Crippen LogP contribution in [0.1, 0.15) is 62.6 Å². The van der Waals surface area contributed by atoms with Gasteiger partial charge >= 0.3 is 6.09 Å². The Kier molecular flexibility index (Phi) is 19.1. The minimum atomic E-state index is -3.97. The number of nitrogens with one attached hydrogen (secondary N) is 2. The summed E-state index contributed by atoms with van der Waals surface area (Å²) in [6, 6.07) is 27.7. The van der Waals surface area contributed by atoms with Crippen molar-refractivity contribution in [3.63, 3.8) is 0 Å². The number of carbonyl (C=O) groups is 2. The van der Waals surface area contributed by atoms with Gasteiger partial charge in [0.2, 0.25) is 10.0 Å². The van der Waals surface area contributed by atoms with Crippen LogP contribution in [0.2, 0.25) is 0 Å². The minimum absolute atomic E-state index is 0.00647. The number of nitro groups is 1. The summed E-state index contributed by atoms with van der Waals surface area (Å²) in [6.07, 6.45) is 4.84. The number of carbonyl (C=O) groups excluding carboxylic acids is 2. The standard InChI is InChI=1S/C45H58N4O10S/c1-34(2)32-48(60(54,55)41-22-20-39(21-23-41)49(52)53)27-25-38(29-35-13-7-5-8-14-35)47-45(51)58-28-10-6-9-26-46-44(50)33-59-40-18-12-17-36(30-40)15-11-16-37-19-24-42(56-3)43(31-37)57-4/h5,7-8,12-14,17-24,30-31,34,38H,6,9-11,15-16,25-29,32-33H2,1-4H3,(H,46,50)(H,47,51)/t38-/m1/s1. The van der Waals surface area contributed by atoms with Crippen molar-refractivity contribution in [3.05, 3.63) is 124 Å². The third kappa shape index (κ3) is 15.8. The lowest BCUT2D eigenvalue weighted by Crippen LogP contribution is -2.42. The summed E-state index contributed by atoms with van der Waals surface area (Å²) in [5, 5.41) is 16.9. The average Bonchev–Trinajstić information content (AvgIpc) is 3.24. The molecule has 2 amide bonds. The van der Waals surface area contributed by atoms with Crippen molar-refractivity contribution in [2.24, 2.45) is 5.92 Å². The predicted molar refractivity (Wildman–Crippen MR) is 230 cm³/mol. The maximum Gasteiger partial charge on any atom is 0.407 e. The molecule has 324 valence electrons. The average molecular weight is 847 g/mol. The second-order valence-corrected chi connectivity index (χ2v) is 16.8. The van der Waals surface area contributed by atoms with Crippen molar-refractivity contribution in [1.82, 2.24) is 14.9 Å². The molecule has 0 aliphatic heterocycles. The Morgan fingerprint density at radius 3 is 2.18 bits per heavy atom. The van der Waals surface area contributed by atoms with Gasteiger partial charge in [-0.2, -0.15) is 4.31 Å². The number of sulfonamides is 1. The molecule has 1 atom stereocenters. The van der Waals surface area contributed by atoms with Crippen LogP contribution in [0.4, 0.5) is 10.5 Å². The van der Waals surface area contributed by atoms with E-state index in [1.54, 1.807) is 14.2 Å². The van der Waals surface area contributed by atoms with Crippen molar-refractivity contribution in [2.75, 3.05) is 47.1 Å². The van der Waals surface area contributed by atoms with Crippen LogP contribution < -0.4 is 24.8 Å². The van der Waals surface area contributed by atoms with Crippen LogP contribution in [-0.4, -0.2) is 82.8 Å². The van der Waals surface area contributed by atoms with E-state index in [-0.39, 0.29) is 48.7 Å². The molecular formula is C45H58N4O10S.